The lowest BCUT2D eigenvalue weighted by molar-refractivity contribution is 0.160. The maximum atomic E-state index is 11.8. The van der Waals surface area contributed by atoms with Crippen LogP contribution in [0.15, 0.2) is 30.3 Å². The molecule has 1 rings (SSSR count). The van der Waals surface area contributed by atoms with Crippen LogP contribution in [0.25, 0.3) is 0 Å². The number of alkyl halides is 1. The van der Waals surface area contributed by atoms with Crippen molar-refractivity contribution in [3.8, 4) is 12.3 Å². The van der Waals surface area contributed by atoms with Crippen molar-refractivity contribution >= 4 is 34.4 Å². The largest absolute Gasteiger partial charge is 0.423 e. The van der Waals surface area contributed by atoms with E-state index in [1.807, 2.05) is 28.7 Å². The zero-order valence-electron chi connectivity index (χ0n) is 9.04. The lowest BCUT2D eigenvalue weighted by Gasteiger charge is -2.21. The van der Waals surface area contributed by atoms with Crippen molar-refractivity contribution in [2.24, 2.45) is 0 Å². The van der Waals surface area contributed by atoms with Crippen molar-refractivity contribution in [3.05, 3.63) is 30.3 Å². The van der Waals surface area contributed by atoms with Crippen LogP contribution in [0.2, 0.25) is 0 Å². The van der Waals surface area contributed by atoms with Gasteiger partial charge in [0.05, 0.1) is 13.2 Å². The van der Waals surface area contributed by atoms with E-state index < -0.39 is 10.2 Å². The molecule has 0 aliphatic heterocycles. The van der Waals surface area contributed by atoms with Gasteiger partial charge in [0.2, 0.25) is 4.11 Å². The second-order valence-corrected chi connectivity index (χ2v) is 4.21. The number of halogens is 1. The average molecular weight is 345 g/mol. The molecular formula is C12H12INO3. The second-order valence-electron chi connectivity index (χ2n) is 3.08. The molecule has 0 heterocycles. The molecule has 1 aromatic rings. The Balaban J connectivity index is 2.80. The molecule has 0 saturated heterocycles. The zero-order chi connectivity index (χ0) is 12.7. The number of rotatable bonds is 4. The van der Waals surface area contributed by atoms with Gasteiger partial charge in [-0.3, -0.25) is 4.90 Å². The smallest absolute Gasteiger partial charge is 0.416 e. The van der Waals surface area contributed by atoms with E-state index in [4.69, 9.17) is 16.3 Å². The molecule has 1 aromatic carbocycles. The molecule has 17 heavy (non-hydrogen) atoms. The molecule has 4 nitrogen and oxygen atoms in total. The van der Waals surface area contributed by atoms with E-state index >= 15 is 0 Å². The highest BCUT2D eigenvalue weighted by molar-refractivity contribution is 14.1. The van der Waals surface area contributed by atoms with Crippen molar-refractivity contribution in [3.63, 3.8) is 0 Å². The number of para-hydroxylation sites is 1. The predicted octanol–water partition coefficient (Wildman–Crippen LogP) is 2.02. The van der Waals surface area contributed by atoms with Crippen LogP contribution < -0.4 is 4.90 Å². The molecule has 0 saturated carbocycles. The van der Waals surface area contributed by atoms with E-state index in [1.165, 1.54) is 4.90 Å². The fourth-order valence-corrected chi connectivity index (χ4v) is 1.44. The first-order chi connectivity index (χ1) is 8.19. The monoisotopic (exact) mass is 345 g/mol. The van der Waals surface area contributed by atoms with Gasteiger partial charge in [0.1, 0.15) is 0 Å². The fraction of sp³-hybridized carbons (Fsp3) is 0.250. The summed E-state index contributed by atoms with van der Waals surface area (Å²) < 4.78 is 4.37. The van der Waals surface area contributed by atoms with Gasteiger partial charge in [-0.2, -0.15) is 0 Å². The van der Waals surface area contributed by atoms with Crippen LogP contribution in [0.5, 0.6) is 0 Å². The Morgan fingerprint density at radius 1 is 1.53 bits per heavy atom. The number of carbonyl (C=O) groups is 1. The van der Waals surface area contributed by atoms with E-state index in [2.05, 4.69) is 5.92 Å². The number of hydrogen-bond donors (Lipinski definition) is 1. The number of aliphatic hydroxyl groups is 1. The van der Waals surface area contributed by atoms with Gasteiger partial charge < -0.3 is 9.84 Å². The SMILES string of the molecule is C#CC(I)OC(=O)N(CCO)c1ccccc1. The lowest BCUT2D eigenvalue weighted by Crippen LogP contribution is -2.35. The van der Waals surface area contributed by atoms with Crippen LogP contribution in [0.3, 0.4) is 0 Å². The van der Waals surface area contributed by atoms with E-state index in [0.717, 1.165) is 0 Å². The average Bonchev–Trinajstić information content (AvgIpc) is 2.36. The molecular weight excluding hydrogens is 333 g/mol. The van der Waals surface area contributed by atoms with Gasteiger partial charge >= 0.3 is 6.09 Å². The Labute approximate surface area is 114 Å². The molecule has 0 fully saturated rings. The molecule has 90 valence electrons. The molecule has 1 atom stereocenters. The van der Waals surface area contributed by atoms with Gasteiger partial charge in [-0.1, -0.05) is 24.1 Å². The highest BCUT2D eigenvalue weighted by Crippen LogP contribution is 2.15. The van der Waals surface area contributed by atoms with Crippen molar-refractivity contribution < 1.29 is 14.6 Å². The van der Waals surface area contributed by atoms with Crippen molar-refractivity contribution in [2.45, 2.75) is 4.11 Å². The lowest BCUT2D eigenvalue weighted by atomic mass is 10.3. The number of hydrogen-bond acceptors (Lipinski definition) is 3. The van der Waals surface area contributed by atoms with E-state index in [0.29, 0.717) is 5.69 Å². The Kier molecular flexibility index (Phi) is 5.80. The highest BCUT2D eigenvalue weighted by atomic mass is 127. The third-order valence-electron chi connectivity index (χ3n) is 1.95. The minimum absolute atomic E-state index is 0.147. The van der Waals surface area contributed by atoms with Crippen molar-refractivity contribution in [2.75, 3.05) is 18.1 Å². The zero-order valence-corrected chi connectivity index (χ0v) is 11.2. The molecule has 5 heteroatoms. The van der Waals surface area contributed by atoms with Crippen molar-refractivity contribution in [1.82, 2.24) is 0 Å². The molecule has 1 amide bonds. The van der Waals surface area contributed by atoms with Gasteiger partial charge in [-0.15, -0.1) is 6.42 Å². The van der Waals surface area contributed by atoms with Crippen LogP contribution in [-0.4, -0.2) is 28.5 Å². The Morgan fingerprint density at radius 2 is 2.18 bits per heavy atom. The molecule has 1 unspecified atom stereocenters. The first-order valence-electron chi connectivity index (χ1n) is 4.93. The summed E-state index contributed by atoms with van der Waals surface area (Å²) in [5.41, 5.74) is 0.659. The first kappa shape index (κ1) is 13.8. The topological polar surface area (TPSA) is 49.8 Å². The number of benzene rings is 1. The van der Waals surface area contributed by atoms with Crippen LogP contribution >= 0.6 is 22.6 Å². The highest BCUT2D eigenvalue weighted by Gasteiger charge is 2.18. The summed E-state index contributed by atoms with van der Waals surface area (Å²) in [6, 6.07) is 8.96. The number of aliphatic hydroxyl groups excluding tert-OH is 1. The molecule has 0 aliphatic rings. The molecule has 0 spiro atoms. The van der Waals surface area contributed by atoms with Gasteiger partial charge in [0.15, 0.2) is 0 Å². The summed E-state index contributed by atoms with van der Waals surface area (Å²) in [6.45, 7) is 0.0166. The standard InChI is InChI=1S/C12H12INO3/c1-2-11(13)17-12(16)14(8-9-15)10-6-4-3-5-7-10/h1,3-7,11,15H,8-9H2. The first-order valence-corrected chi connectivity index (χ1v) is 6.18. The number of terminal acetylenes is 1. The molecule has 0 bridgehead atoms. The Morgan fingerprint density at radius 3 is 2.71 bits per heavy atom. The molecule has 0 radical (unpaired) electrons. The maximum Gasteiger partial charge on any atom is 0.416 e. The normalized spacial score (nSPS) is 11.4. The summed E-state index contributed by atoms with van der Waals surface area (Å²) in [5.74, 6) is 2.30. The minimum atomic E-state index is -0.620. The van der Waals surface area contributed by atoms with Gasteiger partial charge in [0, 0.05) is 5.69 Å². The summed E-state index contributed by atoms with van der Waals surface area (Å²) in [7, 11) is 0. The van der Waals surface area contributed by atoms with Gasteiger partial charge in [-0.05, 0) is 34.7 Å². The van der Waals surface area contributed by atoms with Crippen LogP contribution in [0.4, 0.5) is 10.5 Å². The van der Waals surface area contributed by atoms with E-state index in [-0.39, 0.29) is 13.2 Å². The minimum Gasteiger partial charge on any atom is -0.423 e. The van der Waals surface area contributed by atoms with Crippen LogP contribution in [0.1, 0.15) is 0 Å². The van der Waals surface area contributed by atoms with Gasteiger partial charge in [0.25, 0.3) is 0 Å². The second kappa shape index (κ2) is 7.14. The van der Waals surface area contributed by atoms with E-state index in [9.17, 15) is 4.79 Å². The number of amides is 1. The summed E-state index contributed by atoms with van der Waals surface area (Å²) in [6.07, 6.45) is 4.56. The number of ether oxygens (including phenoxy) is 1. The third kappa shape index (κ3) is 4.24. The van der Waals surface area contributed by atoms with Crippen molar-refractivity contribution in [1.29, 1.82) is 0 Å². The predicted molar refractivity (Wildman–Crippen MR) is 74.0 cm³/mol. The summed E-state index contributed by atoms with van der Waals surface area (Å²) in [4.78, 5) is 13.1. The molecule has 0 aromatic heterocycles. The van der Waals surface area contributed by atoms with Crippen LogP contribution in [-0.2, 0) is 4.74 Å². The van der Waals surface area contributed by atoms with E-state index in [1.54, 1.807) is 24.3 Å². The Hall–Kier alpha value is -1.26. The number of nitrogens with zero attached hydrogens (tertiary/aromatic N) is 1. The van der Waals surface area contributed by atoms with Crippen LogP contribution in [0, 0.1) is 12.3 Å². The fourth-order valence-electron chi connectivity index (χ4n) is 1.22. The third-order valence-corrected chi connectivity index (χ3v) is 2.56. The van der Waals surface area contributed by atoms with Gasteiger partial charge in [-0.25, -0.2) is 4.79 Å². The quantitative estimate of drug-likeness (QED) is 0.516. The molecule has 0 aliphatic carbocycles. The maximum absolute atomic E-state index is 11.8. The Bertz CT molecular complexity index is 402. The number of anilines is 1. The number of carbonyl (C=O) groups excluding carboxylic acids is 1. The summed E-state index contributed by atoms with van der Waals surface area (Å²) >= 11 is 1.83. The summed E-state index contributed by atoms with van der Waals surface area (Å²) in [5, 5.41) is 8.95. The molecule has 1 N–H and O–H groups in total.